The molecule has 1 aromatic heterocycles. The molecule has 3 rings (SSSR count). The van der Waals surface area contributed by atoms with Gasteiger partial charge in [-0.1, -0.05) is 56.4 Å². The summed E-state index contributed by atoms with van der Waals surface area (Å²) in [5, 5.41) is 7.33. The Kier molecular flexibility index (Phi) is 5.18. The molecule has 1 heterocycles. The molecular formula is C16H10BrCl2N3O2. The molecule has 0 aliphatic rings. The van der Waals surface area contributed by atoms with Crippen LogP contribution in [-0.4, -0.2) is 16.0 Å². The van der Waals surface area contributed by atoms with Gasteiger partial charge in [0.25, 0.3) is 5.91 Å². The third-order valence-electron chi connectivity index (χ3n) is 3.13. The van der Waals surface area contributed by atoms with Gasteiger partial charge in [0.1, 0.15) is 0 Å². The minimum Gasteiger partial charge on any atom is -0.343 e. The van der Waals surface area contributed by atoms with Crippen LogP contribution in [0.5, 0.6) is 0 Å². The van der Waals surface area contributed by atoms with E-state index in [2.05, 4.69) is 31.4 Å². The summed E-state index contributed by atoms with van der Waals surface area (Å²) in [6.07, 6.45) is 0. The Balaban J connectivity index is 1.68. The Labute approximate surface area is 156 Å². The van der Waals surface area contributed by atoms with Gasteiger partial charge in [-0.2, -0.15) is 4.98 Å². The molecule has 0 spiro atoms. The highest BCUT2D eigenvalue weighted by atomic mass is 79.9. The molecule has 0 unspecified atom stereocenters. The van der Waals surface area contributed by atoms with E-state index in [1.54, 1.807) is 12.1 Å². The van der Waals surface area contributed by atoms with Crippen molar-refractivity contribution >= 4 is 45.0 Å². The van der Waals surface area contributed by atoms with Crippen molar-refractivity contribution in [3.05, 3.63) is 68.4 Å². The van der Waals surface area contributed by atoms with E-state index < -0.39 is 0 Å². The average molecular weight is 427 g/mol. The second-order valence-corrected chi connectivity index (χ2v) is 6.59. The highest BCUT2D eigenvalue weighted by Crippen LogP contribution is 2.22. The Hall–Kier alpha value is -1.89. The molecule has 0 bridgehead atoms. The summed E-state index contributed by atoms with van der Waals surface area (Å²) in [5.74, 6) is 0.396. The van der Waals surface area contributed by atoms with Gasteiger partial charge in [-0.15, -0.1) is 0 Å². The second kappa shape index (κ2) is 7.34. The fourth-order valence-electron chi connectivity index (χ4n) is 2.00. The predicted molar refractivity (Wildman–Crippen MR) is 95.1 cm³/mol. The van der Waals surface area contributed by atoms with Gasteiger partial charge in [-0.05, 0) is 30.3 Å². The third-order valence-corrected chi connectivity index (χ3v) is 4.17. The fourth-order valence-corrected chi connectivity index (χ4v) is 2.89. The maximum absolute atomic E-state index is 12.1. The van der Waals surface area contributed by atoms with Gasteiger partial charge in [0.2, 0.25) is 11.7 Å². The molecule has 8 heteroatoms. The van der Waals surface area contributed by atoms with Crippen molar-refractivity contribution in [1.29, 1.82) is 0 Å². The molecule has 122 valence electrons. The van der Waals surface area contributed by atoms with Gasteiger partial charge in [-0.3, -0.25) is 4.79 Å². The number of amides is 1. The molecule has 24 heavy (non-hydrogen) atoms. The standard InChI is InChI=1S/C16H10BrCl2N3O2/c17-10-3-1-2-9(6-10)15-21-14(24-22-15)8-20-16(23)12-5-4-11(18)7-13(12)19/h1-7H,8H2,(H,20,23). The number of hydrogen-bond acceptors (Lipinski definition) is 4. The summed E-state index contributed by atoms with van der Waals surface area (Å²) in [7, 11) is 0. The second-order valence-electron chi connectivity index (χ2n) is 4.83. The lowest BCUT2D eigenvalue weighted by Crippen LogP contribution is -2.23. The van der Waals surface area contributed by atoms with Gasteiger partial charge in [0, 0.05) is 15.1 Å². The number of halogens is 3. The number of aromatic nitrogens is 2. The van der Waals surface area contributed by atoms with E-state index in [-0.39, 0.29) is 17.5 Å². The van der Waals surface area contributed by atoms with Crippen molar-refractivity contribution in [2.45, 2.75) is 6.54 Å². The Morgan fingerprint density at radius 2 is 2.04 bits per heavy atom. The van der Waals surface area contributed by atoms with Gasteiger partial charge < -0.3 is 9.84 Å². The molecule has 3 aromatic rings. The first-order chi connectivity index (χ1) is 11.5. The Morgan fingerprint density at radius 1 is 1.21 bits per heavy atom. The molecule has 0 fully saturated rings. The summed E-state index contributed by atoms with van der Waals surface area (Å²) in [5.41, 5.74) is 1.14. The quantitative estimate of drug-likeness (QED) is 0.654. The first-order valence-electron chi connectivity index (χ1n) is 6.85. The Morgan fingerprint density at radius 3 is 2.79 bits per heavy atom. The van der Waals surface area contributed by atoms with Crippen LogP contribution in [0, 0.1) is 0 Å². The van der Waals surface area contributed by atoms with Gasteiger partial charge in [-0.25, -0.2) is 0 Å². The number of carbonyl (C=O) groups is 1. The first kappa shape index (κ1) is 17.0. The lowest BCUT2D eigenvalue weighted by molar-refractivity contribution is 0.0946. The summed E-state index contributed by atoms with van der Waals surface area (Å²) in [6, 6.07) is 12.2. The average Bonchev–Trinajstić information content (AvgIpc) is 3.01. The fraction of sp³-hybridized carbons (Fsp3) is 0.0625. The van der Waals surface area contributed by atoms with Gasteiger partial charge in [0.05, 0.1) is 17.1 Å². The molecule has 0 radical (unpaired) electrons. The number of rotatable bonds is 4. The molecule has 1 amide bonds. The van der Waals surface area contributed by atoms with E-state index in [0.717, 1.165) is 10.0 Å². The molecule has 0 aliphatic heterocycles. The first-order valence-corrected chi connectivity index (χ1v) is 8.39. The largest absolute Gasteiger partial charge is 0.343 e. The van der Waals surface area contributed by atoms with Crippen LogP contribution < -0.4 is 5.32 Å². The summed E-state index contributed by atoms with van der Waals surface area (Å²) in [4.78, 5) is 16.4. The third kappa shape index (κ3) is 3.95. The molecule has 0 saturated heterocycles. The molecular weight excluding hydrogens is 417 g/mol. The van der Waals surface area contributed by atoms with E-state index in [0.29, 0.717) is 22.3 Å². The van der Waals surface area contributed by atoms with Crippen LogP contribution in [-0.2, 0) is 6.54 Å². The van der Waals surface area contributed by atoms with Crippen LogP contribution in [0.15, 0.2) is 51.5 Å². The van der Waals surface area contributed by atoms with Crippen molar-refractivity contribution in [3.63, 3.8) is 0 Å². The smallest absolute Gasteiger partial charge is 0.253 e. The minimum atomic E-state index is -0.348. The normalized spacial score (nSPS) is 10.6. The molecule has 2 aromatic carbocycles. The molecule has 0 atom stereocenters. The number of nitrogens with zero attached hydrogens (tertiary/aromatic N) is 2. The number of hydrogen-bond donors (Lipinski definition) is 1. The van der Waals surface area contributed by atoms with E-state index in [1.807, 2.05) is 24.3 Å². The van der Waals surface area contributed by atoms with Crippen LogP contribution in [0.25, 0.3) is 11.4 Å². The molecule has 5 nitrogen and oxygen atoms in total. The lowest BCUT2D eigenvalue weighted by Gasteiger charge is -2.04. The highest BCUT2D eigenvalue weighted by Gasteiger charge is 2.13. The van der Waals surface area contributed by atoms with Gasteiger partial charge >= 0.3 is 0 Å². The van der Waals surface area contributed by atoms with Crippen molar-refractivity contribution in [1.82, 2.24) is 15.5 Å². The van der Waals surface area contributed by atoms with Crippen LogP contribution in [0.2, 0.25) is 10.0 Å². The van der Waals surface area contributed by atoms with Crippen LogP contribution in [0.3, 0.4) is 0 Å². The maximum Gasteiger partial charge on any atom is 0.253 e. The SMILES string of the molecule is O=C(NCc1nc(-c2cccc(Br)c2)no1)c1ccc(Cl)cc1Cl. The zero-order chi connectivity index (χ0) is 17.1. The summed E-state index contributed by atoms with van der Waals surface area (Å²) >= 11 is 15.2. The van der Waals surface area contributed by atoms with E-state index in [1.165, 1.54) is 6.07 Å². The topological polar surface area (TPSA) is 68.0 Å². The Bertz CT molecular complexity index is 899. The van der Waals surface area contributed by atoms with Crippen LogP contribution in [0.4, 0.5) is 0 Å². The van der Waals surface area contributed by atoms with Gasteiger partial charge in [0.15, 0.2) is 0 Å². The van der Waals surface area contributed by atoms with Crippen LogP contribution >= 0.6 is 39.1 Å². The predicted octanol–water partition coefficient (Wildman–Crippen LogP) is 4.74. The van der Waals surface area contributed by atoms with Crippen LogP contribution in [0.1, 0.15) is 16.2 Å². The van der Waals surface area contributed by atoms with Crippen molar-refractivity contribution in [2.75, 3.05) is 0 Å². The van der Waals surface area contributed by atoms with Crippen molar-refractivity contribution < 1.29 is 9.32 Å². The number of benzene rings is 2. The van der Waals surface area contributed by atoms with Crippen molar-refractivity contribution in [3.8, 4) is 11.4 Å². The number of nitrogens with one attached hydrogen (secondary N) is 1. The summed E-state index contributed by atoms with van der Waals surface area (Å²) < 4.78 is 6.06. The number of carbonyl (C=O) groups excluding carboxylic acids is 1. The highest BCUT2D eigenvalue weighted by molar-refractivity contribution is 9.10. The minimum absolute atomic E-state index is 0.0960. The van der Waals surface area contributed by atoms with E-state index >= 15 is 0 Å². The molecule has 1 N–H and O–H groups in total. The zero-order valence-corrected chi connectivity index (χ0v) is 15.2. The zero-order valence-electron chi connectivity index (χ0n) is 12.1. The lowest BCUT2D eigenvalue weighted by atomic mass is 10.2. The summed E-state index contributed by atoms with van der Waals surface area (Å²) in [6.45, 7) is 0.0960. The van der Waals surface area contributed by atoms with E-state index in [9.17, 15) is 4.79 Å². The monoisotopic (exact) mass is 425 g/mol. The maximum atomic E-state index is 12.1. The molecule has 0 saturated carbocycles. The molecule has 0 aliphatic carbocycles. The van der Waals surface area contributed by atoms with E-state index in [4.69, 9.17) is 27.7 Å². The van der Waals surface area contributed by atoms with Crippen molar-refractivity contribution in [2.24, 2.45) is 0 Å².